The minimum absolute atomic E-state index is 0.835. The van der Waals surface area contributed by atoms with Crippen LogP contribution < -0.4 is 0 Å². The predicted molar refractivity (Wildman–Crippen MR) is 94.2 cm³/mol. The van der Waals surface area contributed by atoms with Gasteiger partial charge < -0.3 is 0 Å². The number of hydrogen-bond donors (Lipinski definition) is 0. The summed E-state index contributed by atoms with van der Waals surface area (Å²) in [5, 5.41) is 10.8. The van der Waals surface area contributed by atoms with Crippen LogP contribution >= 0.6 is 0 Å². The van der Waals surface area contributed by atoms with Crippen molar-refractivity contribution in [1.29, 1.82) is 0 Å². The van der Waals surface area contributed by atoms with Gasteiger partial charge in [0.15, 0.2) is 0 Å². The molecular weight excluding hydrogens is 282 g/mol. The van der Waals surface area contributed by atoms with E-state index < -0.39 is 0 Å². The highest BCUT2D eigenvalue weighted by molar-refractivity contribution is 5.85. The third-order valence-corrected chi connectivity index (χ3v) is 3.75. The molecule has 0 spiro atoms. The van der Waals surface area contributed by atoms with Crippen LogP contribution in [0.5, 0.6) is 0 Å². The minimum atomic E-state index is 0.835. The number of para-hydroxylation sites is 1. The third-order valence-electron chi connectivity index (χ3n) is 3.75. The second kappa shape index (κ2) is 5.89. The van der Waals surface area contributed by atoms with Crippen molar-refractivity contribution in [3.63, 3.8) is 0 Å². The van der Waals surface area contributed by atoms with Gasteiger partial charge in [-0.3, -0.25) is 0 Å². The molecule has 3 aromatic carbocycles. The van der Waals surface area contributed by atoms with Gasteiger partial charge in [0, 0.05) is 0 Å². The zero-order valence-corrected chi connectivity index (χ0v) is 12.5. The number of hydrogen-bond acceptors (Lipinski definition) is 2. The Morgan fingerprint density at radius 3 is 2.39 bits per heavy atom. The first kappa shape index (κ1) is 13.5. The summed E-state index contributed by atoms with van der Waals surface area (Å²) in [5.41, 5.74) is 2.99. The summed E-state index contributed by atoms with van der Waals surface area (Å²) >= 11 is 0. The van der Waals surface area contributed by atoms with E-state index >= 15 is 0 Å². The van der Waals surface area contributed by atoms with Crippen molar-refractivity contribution >= 4 is 22.9 Å². The lowest BCUT2D eigenvalue weighted by Crippen LogP contribution is -1.93. The molecule has 0 bridgehead atoms. The molecule has 0 fully saturated rings. The van der Waals surface area contributed by atoms with Crippen molar-refractivity contribution in [2.24, 2.45) is 0 Å². The van der Waals surface area contributed by atoms with Crippen LogP contribution in [0.4, 0.5) is 0 Å². The number of benzene rings is 3. The smallest absolute Gasteiger partial charge is 0.106 e. The molecule has 1 aromatic heterocycles. The highest BCUT2D eigenvalue weighted by atomic mass is 15.4. The van der Waals surface area contributed by atoms with Crippen LogP contribution in [0.1, 0.15) is 11.3 Å². The molecule has 0 unspecified atom stereocenters. The zero-order valence-electron chi connectivity index (χ0n) is 12.5. The fraction of sp³-hybridized carbons (Fsp3) is 0. The van der Waals surface area contributed by atoms with Crippen LogP contribution in [0.2, 0.25) is 0 Å². The van der Waals surface area contributed by atoms with E-state index in [0.29, 0.717) is 0 Å². The van der Waals surface area contributed by atoms with Crippen LogP contribution in [0.25, 0.3) is 28.6 Å². The highest BCUT2D eigenvalue weighted by Gasteiger charge is 1.99. The van der Waals surface area contributed by atoms with Crippen LogP contribution in [0.3, 0.4) is 0 Å². The van der Waals surface area contributed by atoms with E-state index in [9.17, 15) is 0 Å². The molecule has 0 saturated carbocycles. The van der Waals surface area contributed by atoms with Crippen molar-refractivity contribution in [2.75, 3.05) is 0 Å². The molecule has 0 N–H and O–H groups in total. The largest absolute Gasteiger partial charge is 0.220 e. The van der Waals surface area contributed by atoms with Gasteiger partial charge in [-0.15, -0.1) is 5.10 Å². The Morgan fingerprint density at radius 1 is 0.739 bits per heavy atom. The average molecular weight is 297 g/mol. The van der Waals surface area contributed by atoms with E-state index in [-0.39, 0.29) is 0 Å². The lowest BCUT2D eigenvalue weighted by atomic mass is 10.1. The summed E-state index contributed by atoms with van der Waals surface area (Å²) in [6, 6.07) is 24.7. The van der Waals surface area contributed by atoms with Gasteiger partial charge in [-0.05, 0) is 40.6 Å². The van der Waals surface area contributed by atoms with Crippen molar-refractivity contribution < 1.29 is 0 Å². The first-order chi connectivity index (χ1) is 11.4. The second-order valence-corrected chi connectivity index (χ2v) is 5.36. The molecule has 110 valence electrons. The molecule has 0 saturated heterocycles. The quantitative estimate of drug-likeness (QED) is 0.553. The maximum Gasteiger partial charge on any atom is 0.106 e. The van der Waals surface area contributed by atoms with E-state index in [4.69, 9.17) is 0 Å². The summed E-state index contributed by atoms with van der Waals surface area (Å²) in [7, 11) is 0. The number of nitrogens with zero attached hydrogens (tertiary/aromatic N) is 3. The van der Waals surface area contributed by atoms with Crippen molar-refractivity contribution in [2.45, 2.75) is 0 Å². The topological polar surface area (TPSA) is 30.7 Å². The van der Waals surface area contributed by atoms with E-state index in [0.717, 1.165) is 16.9 Å². The first-order valence-corrected chi connectivity index (χ1v) is 7.53. The molecular formula is C20H15N3. The monoisotopic (exact) mass is 297 g/mol. The molecule has 0 atom stereocenters. The molecule has 4 rings (SSSR count). The molecule has 0 aliphatic carbocycles. The average Bonchev–Trinajstić information content (AvgIpc) is 3.10. The van der Waals surface area contributed by atoms with Gasteiger partial charge in [0.05, 0.1) is 11.9 Å². The Labute approximate surface area is 134 Å². The lowest BCUT2D eigenvalue weighted by molar-refractivity contribution is 0.803. The SMILES string of the molecule is C(=C\c1cn(-c2ccccc2)nn1)/c1ccc2ccccc2c1. The van der Waals surface area contributed by atoms with Crippen LogP contribution in [0, 0.1) is 0 Å². The normalized spacial score (nSPS) is 11.3. The molecule has 23 heavy (non-hydrogen) atoms. The minimum Gasteiger partial charge on any atom is -0.220 e. The van der Waals surface area contributed by atoms with Gasteiger partial charge in [-0.2, -0.15) is 0 Å². The summed E-state index contributed by atoms with van der Waals surface area (Å²) < 4.78 is 1.78. The maximum absolute atomic E-state index is 4.20. The summed E-state index contributed by atoms with van der Waals surface area (Å²) in [6.07, 6.45) is 5.97. The van der Waals surface area contributed by atoms with Crippen LogP contribution in [-0.4, -0.2) is 15.0 Å². The fourth-order valence-electron chi connectivity index (χ4n) is 2.55. The molecule has 0 amide bonds. The van der Waals surface area contributed by atoms with E-state index in [1.54, 1.807) is 4.68 Å². The molecule has 3 nitrogen and oxygen atoms in total. The maximum atomic E-state index is 4.20. The zero-order chi connectivity index (χ0) is 15.5. The van der Waals surface area contributed by atoms with Crippen LogP contribution in [-0.2, 0) is 0 Å². The second-order valence-electron chi connectivity index (χ2n) is 5.36. The Kier molecular flexibility index (Phi) is 3.45. The van der Waals surface area contributed by atoms with E-state index in [1.807, 2.05) is 42.6 Å². The van der Waals surface area contributed by atoms with Gasteiger partial charge >= 0.3 is 0 Å². The van der Waals surface area contributed by atoms with Crippen molar-refractivity contribution in [1.82, 2.24) is 15.0 Å². The summed E-state index contributed by atoms with van der Waals surface area (Å²) in [6.45, 7) is 0. The Morgan fingerprint density at radius 2 is 1.52 bits per heavy atom. The molecule has 4 aromatic rings. The molecule has 1 heterocycles. The molecule has 0 aliphatic heterocycles. The van der Waals surface area contributed by atoms with Gasteiger partial charge in [0.2, 0.25) is 0 Å². The van der Waals surface area contributed by atoms with Crippen LogP contribution in [0.15, 0.2) is 79.0 Å². The number of rotatable bonds is 3. The molecule has 3 heteroatoms. The molecule has 0 radical (unpaired) electrons. The Balaban J connectivity index is 1.59. The van der Waals surface area contributed by atoms with E-state index in [1.165, 1.54) is 10.8 Å². The van der Waals surface area contributed by atoms with Gasteiger partial charge in [-0.25, -0.2) is 4.68 Å². The van der Waals surface area contributed by atoms with Gasteiger partial charge in [0.25, 0.3) is 0 Å². The summed E-state index contributed by atoms with van der Waals surface area (Å²) in [5.74, 6) is 0. The Bertz CT molecular complexity index is 968. The third kappa shape index (κ3) is 2.90. The van der Waals surface area contributed by atoms with Crippen molar-refractivity contribution in [3.8, 4) is 5.69 Å². The van der Waals surface area contributed by atoms with E-state index in [2.05, 4.69) is 58.9 Å². The Hall–Kier alpha value is -3.20. The number of aromatic nitrogens is 3. The number of fused-ring (bicyclic) bond motifs is 1. The predicted octanol–water partition coefficient (Wildman–Crippen LogP) is 4.59. The first-order valence-electron chi connectivity index (χ1n) is 7.53. The standard InChI is InChI=1S/C20H15N3/c1-2-8-20(9-3-1)23-15-19(21-22-23)13-11-16-10-12-17-6-4-5-7-18(17)14-16/h1-15H/b13-11+. The lowest BCUT2D eigenvalue weighted by Gasteiger charge is -1.98. The molecule has 0 aliphatic rings. The summed E-state index contributed by atoms with van der Waals surface area (Å²) in [4.78, 5) is 0. The van der Waals surface area contributed by atoms with Crippen molar-refractivity contribution in [3.05, 3.63) is 90.3 Å². The van der Waals surface area contributed by atoms with Gasteiger partial charge in [-0.1, -0.05) is 65.9 Å². The fourth-order valence-corrected chi connectivity index (χ4v) is 2.55. The highest BCUT2D eigenvalue weighted by Crippen LogP contribution is 2.17. The van der Waals surface area contributed by atoms with Gasteiger partial charge in [0.1, 0.15) is 5.69 Å².